The lowest BCUT2D eigenvalue weighted by Gasteiger charge is -2.28. The SMILES string of the molecule is C[C@H](N)C(=O)N[C@@]1(C(=O)O)C[C@@H](F)[C@H]2C[C@H]21. The zero-order valence-electron chi connectivity index (χ0n) is 8.94. The van der Waals surface area contributed by atoms with Crippen LogP contribution < -0.4 is 11.1 Å². The fourth-order valence-corrected chi connectivity index (χ4v) is 2.57. The molecule has 2 rings (SSSR count). The van der Waals surface area contributed by atoms with E-state index in [0.717, 1.165) is 0 Å². The van der Waals surface area contributed by atoms with Crippen molar-refractivity contribution >= 4 is 11.9 Å². The third kappa shape index (κ3) is 1.48. The Kier molecular flexibility index (Phi) is 2.41. The van der Waals surface area contributed by atoms with Crippen LogP contribution in [0.5, 0.6) is 0 Å². The van der Waals surface area contributed by atoms with Gasteiger partial charge in [-0.15, -0.1) is 0 Å². The van der Waals surface area contributed by atoms with Gasteiger partial charge in [-0.1, -0.05) is 0 Å². The summed E-state index contributed by atoms with van der Waals surface area (Å²) in [5, 5.41) is 11.6. The van der Waals surface area contributed by atoms with Crippen LogP contribution in [0.4, 0.5) is 4.39 Å². The standard InChI is InChI=1S/C10H15FN2O3/c1-4(12)8(14)13-10(9(15)16)3-7(11)5-2-6(5)10/h4-7H,2-3,12H2,1H3,(H,13,14)(H,15,16)/t4-,5-,6+,7+,10-/m0/s1. The van der Waals surface area contributed by atoms with Crippen molar-refractivity contribution in [3.63, 3.8) is 0 Å². The van der Waals surface area contributed by atoms with Gasteiger partial charge in [0.15, 0.2) is 0 Å². The second kappa shape index (κ2) is 3.41. The van der Waals surface area contributed by atoms with E-state index in [4.69, 9.17) is 5.73 Å². The van der Waals surface area contributed by atoms with E-state index in [-0.39, 0.29) is 18.3 Å². The van der Waals surface area contributed by atoms with Crippen LogP contribution in [-0.2, 0) is 9.59 Å². The lowest BCUT2D eigenvalue weighted by atomic mass is 9.92. The van der Waals surface area contributed by atoms with Gasteiger partial charge in [0.1, 0.15) is 11.7 Å². The molecule has 90 valence electrons. The maximum Gasteiger partial charge on any atom is 0.329 e. The molecular formula is C10H15FN2O3. The van der Waals surface area contributed by atoms with E-state index in [2.05, 4.69) is 5.32 Å². The average Bonchev–Trinajstić information content (AvgIpc) is 2.90. The molecule has 2 saturated carbocycles. The first-order valence-corrected chi connectivity index (χ1v) is 5.33. The first-order valence-electron chi connectivity index (χ1n) is 5.33. The average molecular weight is 230 g/mol. The van der Waals surface area contributed by atoms with Gasteiger partial charge in [0.25, 0.3) is 0 Å². The Hall–Kier alpha value is -1.17. The van der Waals surface area contributed by atoms with Gasteiger partial charge >= 0.3 is 5.97 Å². The number of fused-ring (bicyclic) bond motifs is 1. The van der Waals surface area contributed by atoms with Crippen molar-refractivity contribution in [3.05, 3.63) is 0 Å². The number of halogens is 1. The third-order valence-corrected chi connectivity index (χ3v) is 3.60. The molecule has 0 aromatic carbocycles. The summed E-state index contributed by atoms with van der Waals surface area (Å²) in [4.78, 5) is 22.7. The molecule has 0 radical (unpaired) electrons. The van der Waals surface area contributed by atoms with Crippen LogP contribution in [0.3, 0.4) is 0 Å². The zero-order chi connectivity index (χ0) is 12.1. The van der Waals surface area contributed by atoms with E-state index >= 15 is 0 Å². The van der Waals surface area contributed by atoms with E-state index in [0.29, 0.717) is 6.42 Å². The molecule has 0 heterocycles. The molecule has 6 heteroatoms. The third-order valence-electron chi connectivity index (χ3n) is 3.60. The second-order valence-electron chi connectivity index (χ2n) is 4.78. The Bertz CT molecular complexity index is 347. The molecule has 1 amide bonds. The highest BCUT2D eigenvalue weighted by molar-refractivity contribution is 5.90. The van der Waals surface area contributed by atoms with Crippen LogP contribution >= 0.6 is 0 Å². The highest BCUT2D eigenvalue weighted by Crippen LogP contribution is 2.58. The minimum absolute atomic E-state index is 0.143. The van der Waals surface area contributed by atoms with Crippen molar-refractivity contribution in [2.24, 2.45) is 17.6 Å². The first kappa shape index (κ1) is 11.3. The van der Waals surface area contributed by atoms with Gasteiger partial charge in [-0.25, -0.2) is 9.18 Å². The molecule has 0 aromatic rings. The Morgan fingerprint density at radius 3 is 2.56 bits per heavy atom. The van der Waals surface area contributed by atoms with Gasteiger partial charge in [0.05, 0.1) is 6.04 Å². The van der Waals surface area contributed by atoms with E-state index in [1.165, 1.54) is 6.92 Å². The highest BCUT2D eigenvalue weighted by atomic mass is 19.1. The number of carboxylic acids is 1. The van der Waals surface area contributed by atoms with Gasteiger partial charge in [0, 0.05) is 6.42 Å². The maximum atomic E-state index is 13.4. The predicted molar refractivity (Wildman–Crippen MR) is 53.3 cm³/mol. The largest absolute Gasteiger partial charge is 0.479 e. The molecule has 0 unspecified atom stereocenters. The zero-order valence-corrected chi connectivity index (χ0v) is 8.94. The Morgan fingerprint density at radius 1 is 1.62 bits per heavy atom. The van der Waals surface area contributed by atoms with E-state index in [1.807, 2.05) is 0 Å². The molecule has 4 N–H and O–H groups in total. The normalized spacial score (nSPS) is 42.3. The van der Waals surface area contributed by atoms with Gasteiger partial charge in [-0.05, 0) is 25.2 Å². The number of carbonyl (C=O) groups excluding carboxylic acids is 1. The summed E-state index contributed by atoms with van der Waals surface area (Å²) in [5.41, 5.74) is 3.93. The number of hydrogen-bond donors (Lipinski definition) is 3. The van der Waals surface area contributed by atoms with E-state index < -0.39 is 29.6 Å². The van der Waals surface area contributed by atoms with Gasteiger partial charge in [-0.3, -0.25) is 4.79 Å². The summed E-state index contributed by atoms with van der Waals surface area (Å²) in [5.74, 6) is -2.18. The van der Waals surface area contributed by atoms with Crippen LogP contribution in [0.1, 0.15) is 19.8 Å². The highest BCUT2D eigenvalue weighted by Gasteiger charge is 2.67. The van der Waals surface area contributed by atoms with Gasteiger partial charge in [0.2, 0.25) is 5.91 Å². The summed E-state index contributed by atoms with van der Waals surface area (Å²) in [6.45, 7) is 1.47. The monoisotopic (exact) mass is 230 g/mol. The summed E-state index contributed by atoms with van der Waals surface area (Å²) >= 11 is 0. The quantitative estimate of drug-likeness (QED) is 0.618. The van der Waals surface area contributed by atoms with Crippen molar-refractivity contribution in [1.82, 2.24) is 5.32 Å². The van der Waals surface area contributed by atoms with Gasteiger partial charge in [-0.2, -0.15) is 0 Å². The first-order chi connectivity index (χ1) is 7.38. The van der Waals surface area contributed by atoms with E-state index in [9.17, 15) is 19.1 Å². The Balaban J connectivity index is 2.18. The summed E-state index contributed by atoms with van der Waals surface area (Å²) in [7, 11) is 0. The van der Waals surface area contributed by atoms with Crippen molar-refractivity contribution in [2.75, 3.05) is 0 Å². The molecule has 2 aliphatic carbocycles. The molecule has 0 spiro atoms. The van der Waals surface area contributed by atoms with Crippen molar-refractivity contribution < 1.29 is 19.1 Å². The van der Waals surface area contributed by atoms with Crippen LogP contribution in [0.15, 0.2) is 0 Å². The molecule has 5 atom stereocenters. The van der Waals surface area contributed by atoms with Crippen LogP contribution in [0.2, 0.25) is 0 Å². The van der Waals surface area contributed by atoms with Gasteiger partial charge < -0.3 is 16.2 Å². The topological polar surface area (TPSA) is 92.4 Å². The smallest absolute Gasteiger partial charge is 0.329 e. The van der Waals surface area contributed by atoms with Crippen molar-refractivity contribution in [3.8, 4) is 0 Å². The van der Waals surface area contributed by atoms with Crippen molar-refractivity contribution in [2.45, 2.75) is 37.5 Å². The fraction of sp³-hybridized carbons (Fsp3) is 0.800. The number of amides is 1. The van der Waals surface area contributed by atoms with Crippen LogP contribution in [0.25, 0.3) is 0 Å². The molecule has 0 aliphatic heterocycles. The number of hydrogen-bond acceptors (Lipinski definition) is 3. The molecule has 0 aromatic heterocycles. The summed E-state index contributed by atoms with van der Waals surface area (Å²) in [6.07, 6.45) is -0.738. The number of carbonyl (C=O) groups is 2. The molecule has 16 heavy (non-hydrogen) atoms. The number of alkyl halides is 1. The second-order valence-corrected chi connectivity index (χ2v) is 4.78. The van der Waals surface area contributed by atoms with Crippen LogP contribution in [0, 0.1) is 11.8 Å². The lowest BCUT2D eigenvalue weighted by molar-refractivity contribution is -0.149. The summed E-state index contributed by atoms with van der Waals surface area (Å²) < 4.78 is 13.4. The molecule has 2 aliphatic rings. The van der Waals surface area contributed by atoms with Crippen LogP contribution in [-0.4, -0.2) is 34.7 Å². The Labute approximate surface area is 92.2 Å². The molecule has 0 bridgehead atoms. The van der Waals surface area contributed by atoms with E-state index in [1.54, 1.807) is 0 Å². The minimum atomic E-state index is -1.44. The number of rotatable bonds is 3. The molecule has 0 saturated heterocycles. The number of aliphatic carboxylic acids is 1. The number of nitrogens with two attached hydrogens (primary N) is 1. The lowest BCUT2D eigenvalue weighted by Crippen LogP contribution is -2.58. The summed E-state index contributed by atoms with van der Waals surface area (Å²) in [6, 6.07) is -0.785. The predicted octanol–water partition coefficient (Wildman–Crippen LogP) is -0.349. The fourth-order valence-electron chi connectivity index (χ4n) is 2.57. The Morgan fingerprint density at radius 2 is 2.25 bits per heavy atom. The number of nitrogens with one attached hydrogen (secondary N) is 1. The molecular weight excluding hydrogens is 215 g/mol. The number of carboxylic acid groups (broad SMARTS) is 1. The molecule has 5 nitrogen and oxygen atoms in total. The van der Waals surface area contributed by atoms with Crippen molar-refractivity contribution in [1.29, 1.82) is 0 Å². The minimum Gasteiger partial charge on any atom is -0.479 e. The maximum absolute atomic E-state index is 13.4. The molecule has 2 fully saturated rings.